The molecule has 2 aromatic heterocycles. The number of Topliss-reactive ketones (excluding diaryl/α,β-unsaturated/α-hetero) is 1. The summed E-state index contributed by atoms with van der Waals surface area (Å²) in [6.07, 6.45) is 1.52. The monoisotopic (exact) mass is 600 g/mol. The number of hydrogen-bond donors (Lipinski definition) is 0. The Morgan fingerprint density at radius 1 is 1.14 bits per heavy atom. The maximum atomic E-state index is 13.4. The number of halogens is 1. The number of nitrogens with zero attached hydrogens (tertiary/aromatic N) is 4. The molecular formula is C33H33ClN4O3S. The molecule has 9 heteroatoms. The molecule has 7 nitrogen and oxygen atoms in total. The van der Waals surface area contributed by atoms with Crippen LogP contribution in [-0.4, -0.2) is 38.6 Å². The fourth-order valence-electron chi connectivity index (χ4n) is 5.81. The first-order valence-corrected chi connectivity index (χ1v) is 15.2. The van der Waals surface area contributed by atoms with Crippen molar-refractivity contribution in [3.05, 3.63) is 76.4 Å². The van der Waals surface area contributed by atoms with Crippen LogP contribution in [0.4, 0.5) is 5.13 Å². The molecule has 2 atom stereocenters. The highest BCUT2D eigenvalue weighted by atomic mass is 35.5. The van der Waals surface area contributed by atoms with E-state index in [0.29, 0.717) is 23.1 Å². The maximum absolute atomic E-state index is 13.4. The molecule has 0 aliphatic carbocycles. The standard InChI is InChI=1S/C33H33ClN4O3S/c1-18-13-25-31(29(20-7-10-24(34)11-8-20)28(18)30(19(2)39)41-33(3,4)5)42-32(36-25)38-17-23(15-27(38)40)21-9-12-26-22(14-21)16-35-37(26)6/h7-14,16,23,30H,15,17H2,1-6H3/t23?,30-/m1/s1. The van der Waals surface area contributed by atoms with E-state index < -0.39 is 11.7 Å². The number of thiazole rings is 1. The van der Waals surface area contributed by atoms with E-state index in [1.54, 1.807) is 11.8 Å². The summed E-state index contributed by atoms with van der Waals surface area (Å²) in [4.78, 5) is 33.2. The first-order chi connectivity index (χ1) is 19.9. The lowest BCUT2D eigenvalue weighted by atomic mass is 9.90. The van der Waals surface area contributed by atoms with E-state index in [0.717, 1.165) is 48.9 Å². The fraction of sp³-hybridized carbons (Fsp3) is 0.333. The molecule has 0 spiro atoms. The number of aromatic nitrogens is 3. The number of anilines is 1. The van der Waals surface area contributed by atoms with Crippen LogP contribution in [0.3, 0.4) is 0 Å². The molecule has 1 aliphatic rings. The normalized spacial score (nSPS) is 16.6. The number of aryl methyl sites for hydroxylation is 2. The molecule has 216 valence electrons. The quantitative estimate of drug-likeness (QED) is 0.199. The summed E-state index contributed by atoms with van der Waals surface area (Å²) < 4.78 is 9.12. The number of carbonyl (C=O) groups is 2. The van der Waals surface area contributed by atoms with E-state index in [2.05, 4.69) is 23.3 Å². The third-order valence-corrected chi connectivity index (χ3v) is 9.11. The zero-order valence-corrected chi connectivity index (χ0v) is 26.1. The number of fused-ring (bicyclic) bond motifs is 2. The van der Waals surface area contributed by atoms with Gasteiger partial charge in [0, 0.05) is 47.5 Å². The fourth-order valence-corrected chi connectivity index (χ4v) is 7.08. The van der Waals surface area contributed by atoms with Crippen molar-refractivity contribution < 1.29 is 14.3 Å². The molecule has 1 amide bonds. The summed E-state index contributed by atoms with van der Waals surface area (Å²) in [5.74, 6) is 0.0351. The summed E-state index contributed by atoms with van der Waals surface area (Å²) >= 11 is 7.73. The Bertz CT molecular complexity index is 1850. The van der Waals surface area contributed by atoms with Gasteiger partial charge in [0.2, 0.25) is 5.91 Å². The van der Waals surface area contributed by atoms with Crippen LogP contribution in [0.25, 0.3) is 32.2 Å². The molecule has 1 unspecified atom stereocenters. The van der Waals surface area contributed by atoms with E-state index >= 15 is 0 Å². The summed E-state index contributed by atoms with van der Waals surface area (Å²) in [6.45, 7) is 9.95. The van der Waals surface area contributed by atoms with Gasteiger partial charge in [0.25, 0.3) is 0 Å². The number of benzene rings is 3. The molecule has 1 saturated heterocycles. The molecule has 0 saturated carbocycles. The van der Waals surface area contributed by atoms with Gasteiger partial charge in [-0.15, -0.1) is 0 Å². The minimum atomic E-state index is -0.758. The average Bonchev–Trinajstić information content (AvgIpc) is 3.63. The van der Waals surface area contributed by atoms with Crippen molar-refractivity contribution in [3.8, 4) is 11.1 Å². The van der Waals surface area contributed by atoms with Gasteiger partial charge in [0.15, 0.2) is 10.9 Å². The Labute approximate surface area is 254 Å². The number of rotatable bonds is 6. The number of ether oxygens (including phenoxy) is 1. The summed E-state index contributed by atoms with van der Waals surface area (Å²) in [5, 5.41) is 6.70. The molecule has 0 bridgehead atoms. The van der Waals surface area contributed by atoms with Crippen LogP contribution in [0.5, 0.6) is 0 Å². The highest BCUT2D eigenvalue weighted by Gasteiger charge is 2.35. The van der Waals surface area contributed by atoms with Gasteiger partial charge in [-0.1, -0.05) is 41.1 Å². The Kier molecular flexibility index (Phi) is 7.20. The van der Waals surface area contributed by atoms with Gasteiger partial charge in [-0.2, -0.15) is 5.10 Å². The number of amides is 1. The zero-order valence-electron chi connectivity index (χ0n) is 24.6. The third kappa shape index (κ3) is 5.23. The van der Waals surface area contributed by atoms with Crippen molar-refractivity contribution in [1.29, 1.82) is 0 Å². The van der Waals surface area contributed by atoms with E-state index in [4.69, 9.17) is 21.3 Å². The molecule has 6 rings (SSSR count). The molecule has 3 heterocycles. The molecule has 5 aromatic rings. The van der Waals surface area contributed by atoms with E-state index in [9.17, 15) is 9.59 Å². The second-order valence-corrected chi connectivity index (χ2v) is 13.5. The van der Waals surface area contributed by atoms with Crippen LogP contribution in [0.1, 0.15) is 62.8 Å². The van der Waals surface area contributed by atoms with Gasteiger partial charge in [-0.3, -0.25) is 19.2 Å². The van der Waals surface area contributed by atoms with Crippen LogP contribution in [0.15, 0.2) is 54.7 Å². The molecule has 3 aromatic carbocycles. The summed E-state index contributed by atoms with van der Waals surface area (Å²) in [7, 11) is 1.93. The lowest BCUT2D eigenvalue weighted by molar-refractivity contribution is -0.138. The predicted molar refractivity (Wildman–Crippen MR) is 169 cm³/mol. The lowest BCUT2D eigenvalue weighted by Gasteiger charge is -2.29. The van der Waals surface area contributed by atoms with Gasteiger partial charge < -0.3 is 4.74 Å². The van der Waals surface area contributed by atoms with Crippen LogP contribution in [0, 0.1) is 6.92 Å². The molecular weight excluding hydrogens is 568 g/mol. The van der Waals surface area contributed by atoms with Gasteiger partial charge in [0.1, 0.15) is 6.10 Å². The first kappa shape index (κ1) is 28.5. The van der Waals surface area contributed by atoms with E-state index in [1.807, 2.05) is 76.0 Å². The third-order valence-electron chi connectivity index (χ3n) is 7.75. The van der Waals surface area contributed by atoms with Crippen molar-refractivity contribution >= 4 is 60.9 Å². The first-order valence-electron chi connectivity index (χ1n) is 14.0. The molecule has 0 radical (unpaired) electrons. The van der Waals surface area contributed by atoms with Gasteiger partial charge >= 0.3 is 0 Å². The Morgan fingerprint density at radius 3 is 2.57 bits per heavy atom. The minimum absolute atomic E-state index is 0.0491. The largest absolute Gasteiger partial charge is 0.360 e. The van der Waals surface area contributed by atoms with Crippen LogP contribution in [-0.2, 0) is 21.4 Å². The Morgan fingerprint density at radius 2 is 1.88 bits per heavy atom. The SMILES string of the molecule is CC(=O)[C@@H](OC(C)(C)C)c1c(C)cc2nc(N3CC(c4ccc5c(cnn5C)c4)CC3=O)sc2c1-c1ccc(Cl)cc1. The van der Waals surface area contributed by atoms with E-state index in [1.165, 1.54) is 11.3 Å². The molecule has 1 fully saturated rings. The van der Waals surface area contributed by atoms with Crippen molar-refractivity contribution in [2.45, 2.75) is 58.7 Å². The van der Waals surface area contributed by atoms with Gasteiger partial charge in [-0.05, 0) is 81.6 Å². The van der Waals surface area contributed by atoms with Crippen molar-refractivity contribution in [2.75, 3.05) is 11.4 Å². The Hall–Kier alpha value is -3.59. The molecule has 42 heavy (non-hydrogen) atoms. The van der Waals surface area contributed by atoms with Gasteiger partial charge in [0.05, 0.1) is 27.5 Å². The average molecular weight is 601 g/mol. The van der Waals surface area contributed by atoms with Crippen LogP contribution in [0.2, 0.25) is 5.02 Å². The zero-order chi connectivity index (χ0) is 29.9. The predicted octanol–water partition coefficient (Wildman–Crippen LogP) is 7.78. The summed E-state index contributed by atoms with van der Waals surface area (Å²) in [5.41, 5.74) is 5.96. The van der Waals surface area contributed by atoms with E-state index in [-0.39, 0.29) is 17.6 Å². The topological polar surface area (TPSA) is 77.3 Å². The van der Waals surface area contributed by atoms with Crippen LogP contribution < -0.4 is 4.90 Å². The maximum Gasteiger partial charge on any atom is 0.229 e. The second kappa shape index (κ2) is 10.6. The lowest BCUT2D eigenvalue weighted by Crippen LogP contribution is -2.27. The highest BCUT2D eigenvalue weighted by molar-refractivity contribution is 7.23. The molecule has 0 N–H and O–H groups in total. The smallest absolute Gasteiger partial charge is 0.229 e. The highest BCUT2D eigenvalue weighted by Crippen LogP contribution is 2.45. The van der Waals surface area contributed by atoms with Crippen molar-refractivity contribution in [1.82, 2.24) is 14.8 Å². The van der Waals surface area contributed by atoms with Crippen LogP contribution >= 0.6 is 22.9 Å². The van der Waals surface area contributed by atoms with Crippen molar-refractivity contribution in [2.24, 2.45) is 7.05 Å². The second-order valence-electron chi connectivity index (χ2n) is 12.0. The minimum Gasteiger partial charge on any atom is -0.360 e. The summed E-state index contributed by atoms with van der Waals surface area (Å²) in [6, 6.07) is 15.9. The number of carbonyl (C=O) groups excluding carboxylic acids is 2. The van der Waals surface area contributed by atoms with Gasteiger partial charge in [-0.25, -0.2) is 4.98 Å². The molecule has 1 aliphatic heterocycles. The number of hydrogen-bond acceptors (Lipinski definition) is 6. The van der Waals surface area contributed by atoms with Crippen molar-refractivity contribution in [3.63, 3.8) is 0 Å². The Balaban J connectivity index is 1.45. The number of ketones is 1.